The number of carbonyl (C=O) groups excluding carboxylic acids is 3. The van der Waals surface area contributed by atoms with E-state index in [1.165, 1.54) is 89.9 Å². The Hall–Kier alpha value is -3.67. The van der Waals surface area contributed by atoms with Crippen LogP contribution in [0.25, 0.3) is 0 Å². The van der Waals surface area contributed by atoms with Crippen molar-refractivity contribution in [3.8, 4) is 0 Å². The fourth-order valence-electron chi connectivity index (χ4n) is 7.47. The third-order valence-corrected chi connectivity index (χ3v) is 11.6. The van der Waals surface area contributed by atoms with Crippen molar-refractivity contribution < 1.29 is 28.6 Å². The molecule has 0 rings (SSSR count). The largest absolute Gasteiger partial charge is 0.462 e. The number of hydrogen-bond donors (Lipinski definition) is 0. The smallest absolute Gasteiger partial charge is 0.306 e. The average molecular weight is 931 g/mol. The highest BCUT2D eigenvalue weighted by molar-refractivity contribution is 5.71. The molecular weight excluding hydrogens is 829 g/mol. The Morgan fingerprint density at radius 3 is 1.04 bits per heavy atom. The molecular formula is C61H102O6. The molecule has 0 bridgehead atoms. The van der Waals surface area contributed by atoms with Crippen molar-refractivity contribution in [1.29, 1.82) is 0 Å². The first-order valence-electron chi connectivity index (χ1n) is 27.8. The fourth-order valence-corrected chi connectivity index (χ4v) is 7.47. The Kier molecular flexibility index (Phi) is 51.9. The molecule has 0 aliphatic rings. The summed E-state index contributed by atoms with van der Waals surface area (Å²) < 4.78 is 16.8. The van der Waals surface area contributed by atoms with Gasteiger partial charge in [-0.3, -0.25) is 14.4 Å². The van der Waals surface area contributed by atoms with E-state index in [9.17, 15) is 14.4 Å². The summed E-state index contributed by atoms with van der Waals surface area (Å²) in [5.74, 6) is -0.948. The van der Waals surface area contributed by atoms with Crippen LogP contribution in [0.2, 0.25) is 0 Å². The highest BCUT2D eigenvalue weighted by Gasteiger charge is 2.19. The van der Waals surface area contributed by atoms with Crippen molar-refractivity contribution in [2.24, 2.45) is 0 Å². The molecule has 0 radical (unpaired) electrons. The second kappa shape index (κ2) is 54.9. The molecule has 67 heavy (non-hydrogen) atoms. The van der Waals surface area contributed by atoms with Crippen LogP contribution in [0.4, 0.5) is 0 Å². The Morgan fingerprint density at radius 1 is 0.328 bits per heavy atom. The van der Waals surface area contributed by atoms with Crippen molar-refractivity contribution in [1.82, 2.24) is 0 Å². The highest BCUT2D eigenvalue weighted by Crippen LogP contribution is 2.14. The van der Waals surface area contributed by atoms with E-state index >= 15 is 0 Å². The van der Waals surface area contributed by atoms with Crippen molar-refractivity contribution in [2.75, 3.05) is 13.2 Å². The van der Waals surface area contributed by atoms with Gasteiger partial charge in [-0.2, -0.15) is 0 Å². The van der Waals surface area contributed by atoms with Crippen LogP contribution in [-0.2, 0) is 28.6 Å². The van der Waals surface area contributed by atoms with Gasteiger partial charge in [-0.15, -0.1) is 0 Å². The molecule has 0 aromatic heterocycles. The van der Waals surface area contributed by atoms with Crippen LogP contribution < -0.4 is 0 Å². The quantitative estimate of drug-likeness (QED) is 0.0199. The maximum atomic E-state index is 12.8. The Balaban J connectivity index is 4.48. The zero-order valence-electron chi connectivity index (χ0n) is 43.6. The summed E-state index contributed by atoms with van der Waals surface area (Å²) in [7, 11) is 0. The first kappa shape index (κ1) is 63.3. The van der Waals surface area contributed by atoms with Crippen LogP contribution in [0.5, 0.6) is 0 Å². The zero-order chi connectivity index (χ0) is 48.6. The molecule has 0 saturated carbocycles. The van der Waals surface area contributed by atoms with E-state index in [1.54, 1.807) is 0 Å². The van der Waals surface area contributed by atoms with Crippen LogP contribution >= 0.6 is 0 Å². The number of unbranched alkanes of at least 4 members (excludes halogenated alkanes) is 24. The van der Waals surface area contributed by atoms with Gasteiger partial charge in [0.25, 0.3) is 0 Å². The number of hydrogen-bond acceptors (Lipinski definition) is 6. The number of carbonyl (C=O) groups is 3. The number of ether oxygens (including phenoxy) is 3. The summed E-state index contributed by atoms with van der Waals surface area (Å²) in [6, 6.07) is 0. The van der Waals surface area contributed by atoms with Crippen molar-refractivity contribution >= 4 is 17.9 Å². The van der Waals surface area contributed by atoms with Gasteiger partial charge >= 0.3 is 17.9 Å². The second-order valence-electron chi connectivity index (χ2n) is 18.2. The van der Waals surface area contributed by atoms with Crippen LogP contribution in [0.3, 0.4) is 0 Å². The third kappa shape index (κ3) is 53.2. The van der Waals surface area contributed by atoms with E-state index < -0.39 is 6.10 Å². The summed E-state index contributed by atoms with van der Waals surface area (Å²) in [6.45, 7) is 6.46. The van der Waals surface area contributed by atoms with Crippen LogP contribution in [-0.4, -0.2) is 37.2 Å². The molecule has 0 fully saturated rings. The highest BCUT2D eigenvalue weighted by atomic mass is 16.6. The summed E-state index contributed by atoms with van der Waals surface area (Å²) in [5, 5.41) is 0. The molecule has 0 aromatic rings. The first-order valence-corrected chi connectivity index (χ1v) is 27.8. The molecule has 0 aliphatic carbocycles. The molecule has 382 valence electrons. The summed E-state index contributed by atoms with van der Waals surface area (Å²) in [6.07, 6.45) is 72.4. The number of allylic oxidation sites excluding steroid dienone is 16. The molecule has 0 aromatic carbocycles. The lowest BCUT2D eigenvalue weighted by Crippen LogP contribution is -2.30. The fraction of sp³-hybridized carbons (Fsp3) is 0.689. The minimum absolute atomic E-state index is 0.0958. The molecule has 0 heterocycles. The maximum absolute atomic E-state index is 12.8. The molecule has 1 unspecified atom stereocenters. The third-order valence-electron chi connectivity index (χ3n) is 11.6. The predicted molar refractivity (Wildman–Crippen MR) is 288 cm³/mol. The van der Waals surface area contributed by atoms with Gasteiger partial charge in [0, 0.05) is 19.3 Å². The van der Waals surface area contributed by atoms with Crippen molar-refractivity contribution in [3.05, 3.63) is 97.2 Å². The van der Waals surface area contributed by atoms with Crippen LogP contribution in [0.15, 0.2) is 97.2 Å². The molecule has 6 nitrogen and oxygen atoms in total. The van der Waals surface area contributed by atoms with Gasteiger partial charge in [-0.05, 0) is 89.9 Å². The second-order valence-corrected chi connectivity index (χ2v) is 18.2. The van der Waals surface area contributed by atoms with Gasteiger partial charge in [0.1, 0.15) is 13.2 Å². The summed E-state index contributed by atoms with van der Waals surface area (Å²) in [4.78, 5) is 38.1. The van der Waals surface area contributed by atoms with E-state index in [-0.39, 0.29) is 31.1 Å². The van der Waals surface area contributed by atoms with E-state index in [0.29, 0.717) is 19.3 Å². The molecule has 0 spiro atoms. The topological polar surface area (TPSA) is 78.9 Å². The minimum atomic E-state index is -0.801. The lowest BCUT2D eigenvalue weighted by atomic mass is 10.0. The molecule has 0 aliphatic heterocycles. The van der Waals surface area contributed by atoms with E-state index in [4.69, 9.17) is 14.2 Å². The standard InChI is InChI=1S/C61H102O6/c1-4-7-10-13-16-19-22-25-27-29-31-33-34-36-39-42-45-48-51-54-60(63)66-57-58(56-65-59(62)53-50-47-44-41-38-24-21-18-15-12-9-6-3)67-61(64)55-52-49-46-43-40-37-35-32-30-28-26-23-20-17-14-11-8-5-2/h7,10,16,19,23,25-28,30-33,35-36,39,58H,4-6,8-9,11-15,17-18,20-22,24,29,34,37-38,40-57H2,1-3H3/b10-7-,19-16-,26-23-,27-25-,30-28-,33-31-,35-32-,39-36-. The molecule has 0 saturated heterocycles. The van der Waals surface area contributed by atoms with E-state index in [2.05, 4.69) is 118 Å². The van der Waals surface area contributed by atoms with E-state index in [0.717, 1.165) is 122 Å². The van der Waals surface area contributed by atoms with Crippen molar-refractivity contribution in [2.45, 2.75) is 258 Å². The molecule has 1 atom stereocenters. The Labute approximate surface area is 413 Å². The molecule has 6 heteroatoms. The van der Waals surface area contributed by atoms with Crippen LogP contribution in [0, 0.1) is 0 Å². The Morgan fingerprint density at radius 2 is 0.642 bits per heavy atom. The molecule has 0 amide bonds. The molecule has 0 N–H and O–H groups in total. The van der Waals surface area contributed by atoms with Crippen LogP contribution in [0.1, 0.15) is 252 Å². The zero-order valence-corrected chi connectivity index (χ0v) is 43.6. The first-order chi connectivity index (χ1) is 33.0. The predicted octanol–water partition coefficient (Wildman–Crippen LogP) is 18.5. The van der Waals surface area contributed by atoms with Crippen molar-refractivity contribution in [3.63, 3.8) is 0 Å². The maximum Gasteiger partial charge on any atom is 0.306 e. The summed E-state index contributed by atoms with van der Waals surface area (Å²) >= 11 is 0. The van der Waals surface area contributed by atoms with Gasteiger partial charge in [0.2, 0.25) is 0 Å². The van der Waals surface area contributed by atoms with Gasteiger partial charge in [-0.25, -0.2) is 0 Å². The normalized spacial score (nSPS) is 12.8. The van der Waals surface area contributed by atoms with E-state index in [1.807, 2.05) is 0 Å². The minimum Gasteiger partial charge on any atom is -0.462 e. The van der Waals surface area contributed by atoms with Gasteiger partial charge in [0.05, 0.1) is 0 Å². The summed E-state index contributed by atoms with van der Waals surface area (Å²) in [5.41, 5.74) is 0. The van der Waals surface area contributed by atoms with Gasteiger partial charge in [-0.1, -0.05) is 240 Å². The number of esters is 3. The monoisotopic (exact) mass is 931 g/mol. The van der Waals surface area contributed by atoms with Gasteiger partial charge in [0.15, 0.2) is 6.10 Å². The van der Waals surface area contributed by atoms with Gasteiger partial charge < -0.3 is 14.2 Å². The number of rotatable bonds is 49. The SMILES string of the molecule is CC/C=C\C/C=C\C/C=C\C/C=C\C/C=C\CCCCCC(=O)OCC(COC(=O)CCCCCCCCCCCCCC)OC(=O)CCCCCCC\C=C/C=C\C=C/CCCCCCC. The lowest BCUT2D eigenvalue weighted by molar-refractivity contribution is -0.167. The lowest BCUT2D eigenvalue weighted by Gasteiger charge is -2.18. The average Bonchev–Trinajstić information content (AvgIpc) is 3.33. The Bertz CT molecular complexity index is 1350.